The monoisotopic (exact) mass is 412 g/mol. The first-order chi connectivity index (χ1) is 14.6. The third-order valence-corrected chi connectivity index (χ3v) is 6.87. The molecule has 0 unspecified atom stereocenters. The Morgan fingerprint density at radius 3 is 2.37 bits per heavy atom. The van der Waals surface area contributed by atoms with Gasteiger partial charge in [0.15, 0.2) is 0 Å². The van der Waals surface area contributed by atoms with Crippen LogP contribution in [0.15, 0.2) is 33.9 Å². The fourth-order valence-electron chi connectivity index (χ4n) is 5.15. The van der Waals surface area contributed by atoms with Crippen molar-refractivity contribution in [1.29, 1.82) is 0 Å². The number of piperidine rings is 1. The first-order valence-corrected chi connectivity index (χ1v) is 11.3. The molecule has 1 aliphatic carbocycles. The Morgan fingerprint density at radius 1 is 0.967 bits per heavy atom. The summed E-state index contributed by atoms with van der Waals surface area (Å²) < 4.78 is 1.26. The maximum Gasteiger partial charge on any atom is 0.273 e. The highest BCUT2D eigenvalue weighted by atomic mass is 16.2. The van der Waals surface area contributed by atoms with Gasteiger partial charge in [0.25, 0.3) is 11.1 Å². The van der Waals surface area contributed by atoms with Crippen LogP contribution in [0, 0.1) is 0 Å². The third-order valence-electron chi connectivity index (χ3n) is 6.87. The molecular formula is C23H32N4O3. The first kappa shape index (κ1) is 20.8. The second kappa shape index (κ2) is 9.16. The lowest BCUT2D eigenvalue weighted by Crippen LogP contribution is -2.58. The minimum absolute atomic E-state index is 0.0714. The molecule has 7 heteroatoms. The molecule has 0 atom stereocenters. The van der Waals surface area contributed by atoms with Crippen molar-refractivity contribution in [3.63, 3.8) is 0 Å². The fourth-order valence-corrected chi connectivity index (χ4v) is 5.15. The average Bonchev–Trinajstić information content (AvgIpc) is 2.80. The number of carbonyl (C=O) groups excluding carboxylic acids is 1. The quantitative estimate of drug-likeness (QED) is 0.763. The van der Waals surface area contributed by atoms with Gasteiger partial charge in [0.05, 0.1) is 17.3 Å². The van der Waals surface area contributed by atoms with E-state index in [1.165, 1.54) is 43.2 Å². The zero-order valence-corrected chi connectivity index (χ0v) is 17.6. The molecule has 1 aliphatic heterocycles. The SMILES string of the molecule is O=C(CCn1[nH]c(=O)c2ccccc2c1=O)NCC1(N2CCCCC2)CCCCC1. The molecule has 2 aromatic rings. The smallest absolute Gasteiger partial charge is 0.273 e. The molecule has 1 aromatic carbocycles. The number of benzene rings is 1. The topological polar surface area (TPSA) is 87.2 Å². The van der Waals surface area contributed by atoms with Gasteiger partial charge < -0.3 is 5.32 Å². The molecule has 2 fully saturated rings. The number of rotatable bonds is 6. The van der Waals surface area contributed by atoms with Crippen LogP contribution >= 0.6 is 0 Å². The summed E-state index contributed by atoms with van der Waals surface area (Å²) in [7, 11) is 0. The number of nitrogens with zero attached hydrogens (tertiary/aromatic N) is 2. The van der Waals surface area contributed by atoms with Gasteiger partial charge >= 0.3 is 0 Å². The van der Waals surface area contributed by atoms with E-state index in [0.717, 1.165) is 25.9 Å². The van der Waals surface area contributed by atoms with Crippen LogP contribution in [0.4, 0.5) is 0 Å². The lowest BCUT2D eigenvalue weighted by molar-refractivity contribution is -0.122. The minimum Gasteiger partial charge on any atom is -0.354 e. The van der Waals surface area contributed by atoms with E-state index in [1.807, 2.05) is 0 Å². The molecule has 2 aliphatic rings. The van der Waals surface area contributed by atoms with Crippen molar-refractivity contribution < 1.29 is 4.79 Å². The summed E-state index contributed by atoms with van der Waals surface area (Å²) in [6.07, 6.45) is 9.97. The molecule has 0 radical (unpaired) electrons. The second-order valence-corrected chi connectivity index (χ2v) is 8.80. The maximum atomic E-state index is 12.6. The Morgan fingerprint density at radius 2 is 1.63 bits per heavy atom. The second-order valence-electron chi connectivity index (χ2n) is 8.80. The molecule has 162 valence electrons. The fraction of sp³-hybridized carbons (Fsp3) is 0.609. The van der Waals surface area contributed by atoms with Crippen molar-refractivity contribution in [3.8, 4) is 0 Å². The highest BCUT2D eigenvalue weighted by Gasteiger charge is 2.38. The van der Waals surface area contributed by atoms with Crippen LogP contribution in [0.3, 0.4) is 0 Å². The summed E-state index contributed by atoms with van der Waals surface area (Å²) in [6, 6.07) is 6.76. The number of aromatic amines is 1. The molecule has 0 bridgehead atoms. The number of nitrogens with one attached hydrogen (secondary N) is 2. The number of H-pyrrole nitrogens is 1. The number of amides is 1. The summed E-state index contributed by atoms with van der Waals surface area (Å²) in [6.45, 7) is 3.10. The van der Waals surface area contributed by atoms with Gasteiger partial charge in [-0.2, -0.15) is 0 Å². The third kappa shape index (κ3) is 4.36. The highest BCUT2D eigenvalue weighted by molar-refractivity contribution is 5.80. The van der Waals surface area contributed by atoms with Crippen molar-refractivity contribution in [2.45, 2.75) is 69.9 Å². The number of hydrogen-bond donors (Lipinski definition) is 2. The zero-order valence-electron chi connectivity index (χ0n) is 17.6. The summed E-state index contributed by atoms with van der Waals surface area (Å²) >= 11 is 0. The van der Waals surface area contributed by atoms with Gasteiger partial charge in [-0.3, -0.25) is 24.4 Å². The molecule has 30 heavy (non-hydrogen) atoms. The molecular weight excluding hydrogens is 380 g/mol. The maximum absolute atomic E-state index is 12.6. The van der Waals surface area contributed by atoms with E-state index in [-0.39, 0.29) is 35.5 Å². The van der Waals surface area contributed by atoms with Crippen LogP contribution in [-0.2, 0) is 11.3 Å². The van der Waals surface area contributed by atoms with Gasteiger partial charge in [0, 0.05) is 18.5 Å². The Labute approximate surface area is 176 Å². The van der Waals surface area contributed by atoms with Crippen LogP contribution in [-0.4, -0.2) is 45.8 Å². The Bertz CT molecular complexity index is 997. The largest absolute Gasteiger partial charge is 0.354 e. The van der Waals surface area contributed by atoms with Crippen LogP contribution in [0.1, 0.15) is 57.8 Å². The van der Waals surface area contributed by atoms with Gasteiger partial charge in [0.1, 0.15) is 0 Å². The van der Waals surface area contributed by atoms with Gasteiger partial charge in [-0.1, -0.05) is 37.8 Å². The number of hydrogen-bond acceptors (Lipinski definition) is 4. The molecule has 2 N–H and O–H groups in total. The van der Waals surface area contributed by atoms with Crippen molar-refractivity contribution in [3.05, 3.63) is 45.0 Å². The minimum atomic E-state index is -0.308. The summed E-state index contributed by atoms with van der Waals surface area (Å²) in [4.78, 5) is 40.1. The highest BCUT2D eigenvalue weighted by Crippen LogP contribution is 2.35. The van der Waals surface area contributed by atoms with Crippen molar-refractivity contribution in [1.82, 2.24) is 20.0 Å². The molecule has 1 saturated heterocycles. The molecule has 1 aromatic heterocycles. The molecule has 7 nitrogen and oxygen atoms in total. The Balaban J connectivity index is 1.40. The first-order valence-electron chi connectivity index (χ1n) is 11.3. The van der Waals surface area contributed by atoms with Gasteiger partial charge in [-0.05, 0) is 50.9 Å². The van der Waals surface area contributed by atoms with Crippen LogP contribution in [0.5, 0.6) is 0 Å². The van der Waals surface area contributed by atoms with Crippen molar-refractivity contribution in [2.24, 2.45) is 0 Å². The molecule has 2 heterocycles. The van der Waals surface area contributed by atoms with Gasteiger partial charge in [-0.15, -0.1) is 0 Å². The van der Waals surface area contributed by atoms with Crippen molar-refractivity contribution in [2.75, 3.05) is 19.6 Å². The Hall–Kier alpha value is -2.41. The number of carbonyl (C=O) groups is 1. The summed E-state index contributed by atoms with van der Waals surface area (Å²) in [5.74, 6) is -0.0714. The van der Waals surface area contributed by atoms with E-state index in [1.54, 1.807) is 24.3 Å². The van der Waals surface area contributed by atoms with E-state index in [4.69, 9.17) is 0 Å². The van der Waals surface area contributed by atoms with E-state index in [0.29, 0.717) is 17.3 Å². The van der Waals surface area contributed by atoms with E-state index >= 15 is 0 Å². The average molecular weight is 413 g/mol. The normalized spacial score (nSPS) is 19.6. The number of aromatic nitrogens is 2. The van der Waals surface area contributed by atoms with Crippen molar-refractivity contribution >= 4 is 16.7 Å². The summed E-state index contributed by atoms with van der Waals surface area (Å²) in [5.41, 5.74) is -0.491. The van der Waals surface area contributed by atoms with Crippen LogP contribution < -0.4 is 16.4 Å². The van der Waals surface area contributed by atoms with E-state index < -0.39 is 0 Å². The lowest BCUT2D eigenvalue weighted by atomic mass is 9.79. The molecule has 4 rings (SSSR count). The summed E-state index contributed by atoms with van der Waals surface area (Å²) in [5, 5.41) is 6.50. The van der Waals surface area contributed by atoms with Gasteiger partial charge in [-0.25, -0.2) is 4.68 Å². The molecule has 1 amide bonds. The van der Waals surface area contributed by atoms with E-state index in [2.05, 4.69) is 15.3 Å². The molecule has 1 saturated carbocycles. The zero-order chi connectivity index (χ0) is 21.0. The predicted octanol–water partition coefficient (Wildman–Crippen LogP) is 2.38. The van der Waals surface area contributed by atoms with Crippen LogP contribution in [0.2, 0.25) is 0 Å². The van der Waals surface area contributed by atoms with Gasteiger partial charge in [0.2, 0.25) is 5.91 Å². The lowest BCUT2D eigenvalue weighted by Gasteiger charge is -2.48. The van der Waals surface area contributed by atoms with Crippen LogP contribution in [0.25, 0.3) is 10.8 Å². The number of fused-ring (bicyclic) bond motifs is 1. The number of aryl methyl sites for hydroxylation is 1. The number of likely N-dealkylation sites (tertiary alicyclic amines) is 1. The Kier molecular flexibility index (Phi) is 6.37. The molecule has 0 spiro atoms. The standard InChI is InChI=1S/C23H32N4O3/c28-20(11-16-27-22(30)19-10-4-3-9-18(19)21(29)25-27)24-17-23(12-5-1-6-13-23)26-14-7-2-8-15-26/h3-4,9-10H,1-2,5-8,11-17H2,(H,24,28)(H,25,29). The van der Waals surface area contributed by atoms with E-state index in [9.17, 15) is 14.4 Å². The predicted molar refractivity (Wildman–Crippen MR) is 118 cm³/mol.